The van der Waals surface area contributed by atoms with E-state index in [1.165, 1.54) is 10.6 Å². The van der Waals surface area contributed by atoms with Crippen LogP contribution >= 0.6 is 0 Å². The average molecular weight is 247 g/mol. The van der Waals surface area contributed by atoms with Crippen LogP contribution in [0.5, 0.6) is 5.75 Å². The molecule has 6 nitrogen and oxygen atoms in total. The number of aromatic nitrogens is 2. The molecule has 0 aliphatic rings. The molecule has 1 aromatic heterocycles. The van der Waals surface area contributed by atoms with E-state index in [0.717, 1.165) is 5.56 Å². The fourth-order valence-electron chi connectivity index (χ4n) is 1.65. The molecule has 3 N–H and O–H groups in total. The Hall–Kier alpha value is -2.50. The van der Waals surface area contributed by atoms with E-state index in [2.05, 4.69) is 4.98 Å². The highest BCUT2D eigenvalue weighted by atomic mass is 16.5. The Bertz CT molecular complexity index is 673. The third-order valence-electron chi connectivity index (χ3n) is 2.54. The highest BCUT2D eigenvalue weighted by Crippen LogP contribution is 2.13. The largest absolute Gasteiger partial charge is 0.497 e. The molecular weight excluding hydrogens is 234 g/mol. The van der Waals surface area contributed by atoms with Crippen LogP contribution < -0.4 is 21.7 Å². The van der Waals surface area contributed by atoms with E-state index < -0.39 is 11.2 Å². The van der Waals surface area contributed by atoms with E-state index in [1.54, 1.807) is 13.2 Å². The summed E-state index contributed by atoms with van der Waals surface area (Å²) < 4.78 is 6.38. The number of nitrogens with zero attached hydrogens (tertiary/aromatic N) is 1. The van der Waals surface area contributed by atoms with Gasteiger partial charge in [0, 0.05) is 6.07 Å². The van der Waals surface area contributed by atoms with E-state index in [1.807, 2.05) is 18.2 Å². The van der Waals surface area contributed by atoms with Crippen LogP contribution in [0.15, 0.2) is 39.9 Å². The van der Waals surface area contributed by atoms with Crippen molar-refractivity contribution in [2.45, 2.75) is 6.54 Å². The first-order chi connectivity index (χ1) is 8.60. The molecule has 6 heteroatoms. The van der Waals surface area contributed by atoms with Crippen LogP contribution in [-0.4, -0.2) is 16.7 Å². The van der Waals surface area contributed by atoms with Crippen molar-refractivity contribution in [2.24, 2.45) is 0 Å². The number of rotatable bonds is 3. The number of aromatic amines is 1. The molecule has 1 aromatic carbocycles. The van der Waals surface area contributed by atoms with Crippen molar-refractivity contribution < 1.29 is 4.74 Å². The molecule has 1 heterocycles. The van der Waals surface area contributed by atoms with Crippen LogP contribution in [0.3, 0.4) is 0 Å². The molecule has 2 aromatic rings. The molecule has 94 valence electrons. The van der Waals surface area contributed by atoms with Gasteiger partial charge in [0.15, 0.2) is 0 Å². The normalized spacial score (nSPS) is 10.3. The maximum absolute atomic E-state index is 11.6. The predicted octanol–water partition coefficient (Wildman–Crippen LogP) is 0.176. The number of benzene rings is 1. The molecule has 0 saturated carbocycles. The van der Waals surface area contributed by atoms with E-state index in [-0.39, 0.29) is 12.4 Å². The van der Waals surface area contributed by atoms with E-state index >= 15 is 0 Å². The monoisotopic (exact) mass is 247 g/mol. The topological polar surface area (TPSA) is 90.1 Å². The lowest BCUT2D eigenvalue weighted by Gasteiger charge is -2.09. The minimum Gasteiger partial charge on any atom is -0.497 e. The summed E-state index contributed by atoms with van der Waals surface area (Å²) in [6.07, 6.45) is 0. The van der Waals surface area contributed by atoms with Crippen molar-refractivity contribution in [3.8, 4) is 5.75 Å². The van der Waals surface area contributed by atoms with Gasteiger partial charge >= 0.3 is 5.69 Å². The number of hydrogen-bond donors (Lipinski definition) is 2. The molecule has 0 saturated heterocycles. The number of H-pyrrole nitrogens is 1. The van der Waals surface area contributed by atoms with Crippen LogP contribution in [0.1, 0.15) is 5.56 Å². The molecule has 0 aliphatic heterocycles. The quantitative estimate of drug-likeness (QED) is 0.809. The fraction of sp³-hybridized carbons (Fsp3) is 0.167. The number of anilines is 1. The maximum Gasteiger partial charge on any atom is 0.330 e. The number of nitrogens with one attached hydrogen (secondary N) is 1. The zero-order chi connectivity index (χ0) is 13.1. The van der Waals surface area contributed by atoms with Gasteiger partial charge in [-0.15, -0.1) is 0 Å². The summed E-state index contributed by atoms with van der Waals surface area (Å²) in [5, 5.41) is 0. The van der Waals surface area contributed by atoms with Crippen LogP contribution in [0.2, 0.25) is 0 Å². The van der Waals surface area contributed by atoms with Crippen LogP contribution in [0.25, 0.3) is 0 Å². The maximum atomic E-state index is 11.6. The second-order valence-electron chi connectivity index (χ2n) is 3.80. The molecular formula is C12H13N3O3. The summed E-state index contributed by atoms with van der Waals surface area (Å²) in [5.41, 5.74) is 5.48. The Morgan fingerprint density at radius 2 is 2.11 bits per heavy atom. The minimum absolute atomic E-state index is 0.131. The van der Waals surface area contributed by atoms with Gasteiger partial charge in [-0.25, -0.2) is 4.79 Å². The minimum atomic E-state index is -0.525. The van der Waals surface area contributed by atoms with Crippen LogP contribution in [0, 0.1) is 0 Å². The first-order valence-corrected chi connectivity index (χ1v) is 5.33. The molecule has 0 atom stereocenters. The van der Waals surface area contributed by atoms with E-state index in [0.29, 0.717) is 5.75 Å². The molecule has 0 amide bonds. The predicted molar refractivity (Wildman–Crippen MR) is 67.8 cm³/mol. The van der Waals surface area contributed by atoms with Gasteiger partial charge in [-0.05, 0) is 17.7 Å². The summed E-state index contributed by atoms with van der Waals surface area (Å²) >= 11 is 0. The zero-order valence-corrected chi connectivity index (χ0v) is 9.84. The number of methoxy groups -OCH3 is 1. The standard InChI is InChI=1S/C12H13N3O3/c1-18-9-4-2-3-8(5-9)7-15-10(13)6-11(16)14-12(15)17/h2-6H,7,13H2,1H3,(H,14,16,17). The van der Waals surface area contributed by atoms with Gasteiger partial charge in [0.05, 0.1) is 13.7 Å². The third kappa shape index (κ3) is 2.42. The molecule has 2 rings (SSSR count). The average Bonchev–Trinajstić information content (AvgIpc) is 2.34. The van der Waals surface area contributed by atoms with Gasteiger partial charge in [-0.2, -0.15) is 0 Å². The summed E-state index contributed by atoms with van der Waals surface area (Å²) in [6.45, 7) is 0.276. The second-order valence-corrected chi connectivity index (χ2v) is 3.80. The zero-order valence-electron chi connectivity index (χ0n) is 9.84. The Morgan fingerprint density at radius 1 is 1.33 bits per heavy atom. The first-order valence-electron chi connectivity index (χ1n) is 5.33. The van der Waals surface area contributed by atoms with Gasteiger partial charge in [0.25, 0.3) is 5.56 Å². The van der Waals surface area contributed by atoms with Gasteiger partial charge in [0.2, 0.25) is 0 Å². The van der Waals surface area contributed by atoms with Crippen molar-refractivity contribution in [1.29, 1.82) is 0 Å². The summed E-state index contributed by atoms with van der Waals surface area (Å²) in [4.78, 5) is 24.8. The van der Waals surface area contributed by atoms with E-state index in [9.17, 15) is 9.59 Å². The molecule has 0 fully saturated rings. The van der Waals surface area contributed by atoms with Crippen molar-refractivity contribution >= 4 is 5.82 Å². The van der Waals surface area contributed by atoms with Crippen molar-refractivity contribution in [1.82, 2.24) is 9.55 Å². The Balaban J connectivity index is 2.40. The summed E-state index contributed by atoms with van der Waals surface area (Å²) in [5.74, 6) is 0.829. The van der Waals surface area contributed by atoms with Gasteiger partial charge in [0.1, 0.15) is 11.6 Å². The third-order valence-corrected chi connectivity index (χ3v) is 2.54. The second kappa shape index (κ2) is 4.79. The SMILES string of the molecule is COc1cccc(Cn2c(N)cc(=O)[nH]c2=O)c1. The lowest BCUT2D eigenvalue weighted by atomic mass is 10.2. The van der Waals surface area contributed by atoms with Gasteiger partial charge in [-0.3, -0.25) is 14.3 Å². The Morgan fingerprint density at radius 3 is 2.78 bits per heavy atom. The van der Waals surface area contributed by atoms with Crippen molar-refractivity contribution in [3.05, 3.63) is 56.7 Å². The molecule has 0 aliphatic carbocycles. The van der Waals surface area contributed by atoms with Crippen LogP contribution in [-0.2, 0) is 6.54 Å². The first kappa shape index (κ1) is 12.0. The van der Waals surface area contributed by atoms with Crippen molar-refractivity contribution in [3.63, 3.8) is 0 Å². The highest BCUT2D eigenvalue weighted by Gasteiger charge is 2.04. The Kier molecular flexibility index (Phi) is 3.18. The number of ether oxygens (including phenoxy) is 1. The Labute approximate surface area is 103 Å². The fourth-order valence-corrected chi connectivity index (χ4v) is 1.65. The lowest BCUT2D eigenvalue weighted by molar-refractivity contribution is 0.414. The molecule has 0 unspecified atom stereocenters. The molecule has 0 radical (unpaired) electrons. The highest BCUT2D eigenvalue weighted by molar-refractivity contribution is 5.31. The number of hydrogen-bond acceptors (Lipinski definition) is 4. The van der Waals surface area contributed by atoms with Gasteiger partial charge in [-0.1, -0.05) is 12.1 Å². The lowest BCUT2D eigenvalue weighted by Crippen LogP contribution is -2.31. The summed E-state index contributed by atoms with van der Waals surface area (Å²) in [7, 11) is 1.57. The number of nitrogen functional groups attached to an aromatic ring is 1. The van der Waals surface area contributed by atoms with Crippen molar-refractivity contribution in [2.75, 3.05) is 12.8 Å². The molecule has 0 bridgehead atoms. The molecule has 0 spiro atoms. The summed E-state index contributed by atoms with van der Waals surface area (Å²) in [6, 6.07) is 8.46. The number of nitrogens with two attached hydrogens (primary N) is 1. The van der Waals surface area contributed by atoms with Crippen LogP contribution in [0.4, 0.5) is 5.82 Å². The smallest absolute Gasteiger partial charge is 0.330 e. The van der Waals surface area contributed by atoms with E-state index in [4.69, 9.17) is 10.5 Å². The van der Waals surface area contributed by atoms with Gasteiger partial charge < -0.3 is 10.5 Å². The molecule has 18 heavy (non-hydrogen) atoms.